The highest BCUT2D eigenvalue weighted by atomic mass is 16.3. The molecule has 0 saturated heterocycles. The lowest BCUT2D eigenvalue weighted by atomic mass is 9.70. The Morgan fingerprint density at radius 1 is 1.69 bits per heavy atom. The van der Waals surface area contributed by atoms with Crippen molar-refractivity contribution in [1.29, 1.82) is 5.26 Å². The van der Waals surface area contributed by atoms with Gasteiger partial charge in [0.05, 0.1) is 18.6 Å². The third kappa shape index (κ3) is 1.50. The van der Waals surface area contributed by atoms with Gasteiger partial charge in [-0.2, -0.15) is 5.26 Å². The number of aliphatic hydroxyl groups excluding tert-OH is 1. The first-order chi connectivity index (χ1) is 7.61. The summed E-state index contributed by atoms with van der Waals surface area (Å²) in [5, 5.41) is 18.3. The Morgan fingerprint density at radius 2 is 2.44 bits per heavy atom. The van der Waals surface area contributed by atoms with Crippen LogP contribution in [0.5, 0.6) is 0 Å². The van der Waals surface area contributed by atoms with Gasteiger partial charge >= 0.3 is 0 Å². The van der Waals surface area contributed by atoms with Crippen LogP contribution in [0.1, 0.15) is 19.8 Å². The molecule has 0 aromatic carbocycles. The number of aliphatic hydroxyl groups is 1. The molecule has 84 valence electrons. The van der Waals surface area contributed by atoms with Gasteiger partial charge in [-0.05, 0) is 24.5 Å². The van der Waals surface area contributed by atoms with Gasteiger partial charge in [0, 0.05) is 11.3 Å². The Kier molecular flexibility index (Phi) is 2.69. The van der Waals surface area contributed by atoms with E-state index in [0.29, 0.717) is 12.8 Å². The molecule has 0 saturated carbocycles. The molecule has 3 heteroatoms. The zero-order valence-corrected chi connectivity index (χ0v) is 9.31. The molecule has 2 aliphatic carbocycles. The molecule has 0 fully saturated rings. The lowest BCUT2D eigenvalue weighted by molar-refractivity contribution is -0.124. The van der Waals surface area contributed by atoms with Crippen LogP contribution in [0.4, 0.5) is 0 Å². The Hall–Kier alpha value is -1.40. The number of ketones is 1. The lowest BCUT2D eigenvalue weighted by Crippen LogP contribution is -2.33. The van der Waals surface area contributed by atoms with Gasteiger partial charge in [-0.3, -0.25) is 4.79 Å². The number of fused-ring (bicyclic) bond motifs is 1. The van der Waals surface area contributed by atoms with Crippen LogP contribution >= 0.6 is 0 Å². The van der Waals surface area contributed by atoms with Crippen LogP contribution in [-0.4, -0.2) is 17.5 Å². The van der Waals surface area contributed by atoms with Crippen molar-refractivity contribution in [3.63, 3.8) is 0 Å². The van der Waals surface area contributed by atoms with E-state index in [9.17, 15) is 9.90 Å². The maximum Gasteiger partial charge on any atom is 0.162 e. The normalized spacial score (nSPS) is 37.6. The maximum absolute atomic E-state index is 11.9. The molecule has 0 radical (unpaired) electrons. The molecule has 0 heterocycles. The second kappa shape index (κ2) is 3.88. The zero-order chi connectivity index (χ0) is 11.8. The van der Waals surface area contributed by atoms with E-state index in [1.807, 2.05) is 19.1 Å². The molecule has 0 aromatic rings. The molecule has 3 nitrogen and oxygen atoms in total. The molecule has 0 bridgehead atoms. The number of nitrogens with zero attached hydrogens (tertiary/aromatic N) is 1. The van der Waals surface area contributed by atoms with Crippen LogP contribution in [0.2, 0.25) is 0 Å². The minimum atomic E-state index is -0.522. The van der Waals surface area contributed by atoms with Gasteiger partial charge < -0.3 is 5.11 Å². The van der Waals surface area contributed by atoms with E-state index >= 15 is 0 Å². The van der Waals surface area contributed by atoms with Crippen LogP contribution in [0.25, 0.3) is 0 Å². The van der Waals surface area contributed by atoms with Crippen molar-refractivity contribution >= 4 is 5.78 Å². The van der Waals surface area contributed by atoms with Crippen molar-refractivity contribution in [3.05, 3.63) is 23.8 Å². The van der Waals surface area contributed by atoms with Crippen molar-refractivity contribution in [2.45, 2.75) is 19.8 Å². The van der Waals surface area contributed by atoms with Crippen LogP contribution in [0.3, 0.4) is 0 Å². The van der Waals surface area contributed by atoms with E-state index in [-0.39, 0.29) is 24.2 Å². The zero-order valence-electron chi connectivity index (χ0n) is 9.31. The highest BCUT2D eigenvalue weighted by Crippen LogP contribution is 2.47. The summed E-state index contributed by atoms with van der Waals surface area (Å²) in [7, 11) is 0. The predicted molar refractivity (Wildman–Crippen MR) is 59.2 cm³/mol. The highest BCUT2D eigenvalue weighted by Gasteiger charge is 2.47. The molecule has 3 atom stereocenters. The largest absolute Gasteiger partial charge is 0.392 e. The highest BCUT2D eigenvalue weighted by molar-refractivity contribution is 5.97. The minimum Gasteiger partial charge on any atom is -0.392 e. The molecular formula is C13H15NO2. The molecule has 1 N–H and O–H groups in total. The fourth-order valence-electron chi connectivity index (χ4n) is 2.78. The van der Waals surface area contributed by atoms with Crippen molar-refractivity contribution in [2.24, 2.45) is 17.3 Å². The molecule has 0 spiro atoms. The third-order valence-corrected chi connectivity index (χ3v) is 3.81. The second-order valence-electron chi connectivity index (χ2n) is 4.84. The van der Waals surface area contributed by atoms with Gasteiger partial charge in [-0.15, -0.1) is 0 Å². The monoisotopic (exact) mass is 217 g/mol. The van der Waals surface area contributed by atoms with E-state index in [4.69, 9.17) is 5.26 Å². The van der Waals surface area contributed by atoms with E-state index < -0.39 is 5.41 Å². The topological polar surface area (TPSA) is 61.1 Å². The van der Waals surface area contributed by atoms with Gasteiger partial charge in [-0.1, -0.05) is 19.1 Å². The molecule has 0 aliphatic heterocycles. The minimum absolute atomic E-state index is 0.00898. The second-order valence-corrected chi connectivity index (χ2v) is 4.84. The van der Waals surface area contributed by atoms with Crippen molar-refractivity contribution in [1.82, 2.24) is 0 Å². The van der Waals surface area contributed by atoms with Gasteiger partial charge in [-0.25, -0.2) is 0 Å². The number of nitriles is 1. The van der Waals surface area contributed by atoms with E-state index in [1.165, 1.54) is 0 Å². The van der Waals surface area contributed by atoms with Crippen LogP contribution in [0, 0.1) is 28.6 Å². The summed E-state index contributed by atoms with van der Waals surface area (Å²) in [5.41, 5.74) is 0.355. The van der Waals surface area contributed by atoms with Crippen molar-refractivity contribution < 1.29 is 9.90 Å². The van der Waals surface area contributed by atoms with Gasteiger partial charge in [0.1, 0.15) is 0 Å². The number of carbonyl (C=O) groups excluding carboxylic acids is 1. The van der Waals surface area contributed by atoms with Crippen LogP contribution < -0.4 is 0 Å². The van der Waals surface area contributed by atoms with Crippen LogP contribution in [-0.2, 0) is 4.79 Å². The first kappa shape index (κ1) is 11.1. The number of carbonyl (C=O) groups is 1. The summed E-state index contributed by atoms with van der Waals surface area (Å²) in [4.78, 5) is 11.9. The molecule has 2 rings (SSSR count). The SMILES string of the molecule is CC12CC(CO)=CC[C@@H](C#N)C1C=CC2=O. The van der Waals surface area contributed by atoms with E-state index in [2.05, 4.69) is 6.07 Å². The number of allylic oxidation sites excluding steroid dienone is 3. The lowest BCUT2D eigenvalue weighted by Gasteiger charge is -2.30. The maximum atomic E-state index is 11.9. The molecule has 2 aliphatic rings. The quantitative estimate of drug-likeness (QED) is 0.678. The standard InChI is InChI=1S/C13H15NO2/c1-13-6-9(8-15)2-3-10(7-14)11(13)4-5-12(13)16/h2,4-5,10-11,15H,3,6,8H2,1H3/t10-,11?,13?/m0/s1. The summed E-state index contributed by atoms with van der Waals surface area (Å²) in [6, 6.07) is 2.28. The fraction of sp³-hybridized carbons (Fsp3) is 0.538. The molecule has 0 amide bonds. The van der Waals surface area contributed by atoms with Crippen molar-refractivity contribution in [3.8, 4) is 6.07 Å². The van der Waals surface area contributed by atoms with E-state index in [1.54, 1.807) is 6.08 Å². The summed E-state index contributed by atoms with van der Waals surface area (Å²) in [5.74, 6) is -0.0824. The number of hydrogen-bond donors (Lipinski definition) is 1. The Labute approximate surface area is 95.1 Å². The number of rotatable bonds is 1. The van der Waals surface area contributed by atoms with Crippen molar-refractivity contribution in [2.75, 3.05) is 6.61 Å². The first-order valence-electron chi connectivity index (χ1n) is 5.53. The van der Waals surface area contributed by atoms with E-state index in [0.717, 1.165) is 5.57 Å². The summed E-state index contributed by atoms with van der Waals surface area (Å²) in [6.07, 6.45) is 6.57. The predicted octanol–water partition coefficient (Wildman–Crippen LogP) is 1.60. The Balaban J connectivity index is 2.40. The van der Waals surface area contributed by atoms with Gasteiger partial charge in [0.2, 0.25) is 0 Å². The van der Waals surface area contributed by atoms with Gasteiger partial charge in [0.15, 0.2) is 5.78 Å². The third-order valence-electron chi connectivity index (χ3n) is 3.81. The van der Waals surface area contributed by atoms with Gasteiger partial charge in [0.25, 0.3) is 0 Å². The van der Waals surface area contributed by atoms with Crippen LogP contribution in [0.15, 0.2) is 23.8 Å². The molecule has 2 unspecified atom stereocenters. The average Bonchev–Trinajstić information content (AvgIpc) is 2.49. The number of hydrogen-bond acceptors (Lipinski definition) is 3. The molecular weight excluding hydrogens is 202 g/mol. The molecule has 16 heavy (non-hydrogen) atoms. The Bertz CT molecular complexity index is 416. The smallest absolute Gasteiger partial charge is 0.162 e. The summed E-state index contributed by atoms with van der Waals surface area (Å²) in [6.45, 7) is 1.88. The summed E-state index contributed by atoms with van der Waals surface area (Å²) < 4.78 is 0. The average molecular weight is 217 g/mol. The summed E-state index contributed by atoms with van der Waals surface area (Å²) >= 11 is 0. The molecule has 0 aromatic heterocycles. The fourth-order valence-corrected chi connectivity index (χ4v) is 2.78. The first-order valence-corrected chi connectivity index (χ1v) is 5.53. The Morgan fingerprint density at radius 3 is 3.06 bits per heavy atom.